The number of fused-ring (bicyclic) bond motifs is 1. The molecule has 7 nitrogen and oxygen atoms in total. The van der Waals surface area contributed by atoms with E-state index in [1.807, 2.05) is 28.8 Å². The van der Waals surface area contributed by atoms with Crippen LogP contribution in [0.2, 0.25) is 0 Å². The molecule has 2 N–H and O–H groups in total. The predicted octanol–water partition coefficient (Wildman–Crippen LogP) is 3.11. The highest BCUT2D eigenvalue weighted by Crippen LogP contribution is 2.14. The van der Waals surface area contributed by atoms with E-state index < -0.39 is 0 Å². The number of pyridine rings is 1. The van der Waals surface area contributed by atoms with E-state index in [-0.39, 0.29) is 24.0 Å². The van der Waals surface area contributed by atoms with E-state index in [4.69, 9.17) is 4.99 Å². The lowest BCUT2D eigenvalue weighted by molar-refractivity contribution is 0.198. The summed E-state index contributed by atoms with van der Waals surface area (Å²) >= 11 is 0. The van der Waals surface area contributed by atoms with Crippen molar-refractivity contribution in [2.24, 2.45) is 4.99 Å². The topological polar surface area (TPSA) is 69.8 Å². The van der Waals surface area contributed by atoms with E-state index in [0.717, 1.165) is 62.9 Å². The second-order valence-corrected chi connectivity index (χ2v) is 7.74. The zero-order valence-electron chi connectivity index (χ0n) is 18.1. The third-order valence-corrected chi connectivity index (χ3v) is 5.51. The van der Waals surface area contributed by atoms with Crippen LogP contribution in [0.5, 0.6) is 0 Å². The quantitative estimate of drug-likeness (QED) is 0.278. The number of aromatic nitrogens is 3. The number of hydrogen-bond acceptors (Lipinski definition) is 4. The molecule has 1 aromatic carbocycles. The fraction of sp³-hybridized carbons (Fsp3) is 0.435. The summed E-state index contributed by atoms with van der Waals surface area (Å²) in [5.41, 5.74) is 2.27. The maximum Gasteiger partial charge on any atom is 0.191 e. The smallest absolute Gasteiger partial charge is 0.191 e. The van der Waals surface area contributed by atoms with Gasteiger partial charge in [-0.05, 0) is 37.5 Å². The first kappa shape index (κ1) is 23.5. The first-order chi connectivity index (χ1) is 14.8. The molecular weight excluding hydrogens is 501 g/mol. The molecule has 0 amide bonds. The van der Waals surface area contributed by atoms with E-state index >= 15 is 0 Å². The molecule has 0 bridgehead atoms. The monoisotopic (exact) mass is 533 g/mol. The van der Waals surface area contributed by atoms with Gasteiger partial charge in [-0.25, -0.2) is 0 Å². The minimum Gasteiger partial charge on any atom is -0.357 e. The molecule has 31 heavy (non-hydrogen) atoms. The number of nitrogens with one attached hydrogen (secondary N) is 2. The van der Waals surface area contributed by atoms with Crippen molar-refractivity contribution in [2.75, 3.05) is 26.2 Å². The minimum atomic E-state index is 0. The molecule has 1 aliphatic rings. The van der Waals surface area contributed by atoms with Crippen LogP contribution in [0.1, 0.15) is 31.2 Å². The zero-order chi connectivity index (χ0) is 20.6. The molecule has 1 saturated heterocycles. The summed E-state index contributed by atoms with van der Waals surface area (Å²) < 4.78 is 2.03. The van der Waals surface area contributed by atoms with Crippen LogP contribution in [0.3, 0.4) is 0 Å². The molecule has 3 heterocycles. The van der Waals surface area contributed by atoms with Crippen LogP contribution in [0.15, 0.2) is 59.7 Å². The Morgan fingerprint density at radius 3 is 2.61 bits per heavy atom. The van der Waals surface area contributed by atoms with Crippen molar-refractivity contribution in [1.82, 2.24) is 30.1 Å². The lowest BCUT2D eigenvalue weighted by Crippen LogP contribution is -2.48. The van der Waals surface area contributed by atoms with Crippen LogP contribution in [-0.2, 0) is 13.0 Å². The number of halogens is 1. The van der Waals surface area contributed by atoms with Gasteiger partial charge in [-0.1, -0.05) is 36.4 Å². The molecule has 0 atom stereocenters. The molecule has 0 unspecified atom stereocenters. The van der Waals surface area contributed by atoms with Crippen LogP contribution in [0.25, 0.3) is 5.65 Å². The van der Waals surface area contributed by atoms with E-state index in [9.17, 15) is 0 Å². The van der Waals surface area contributed by atoms with Crippen molar-refractivity contribution in [3.63, 3.8) is 0 Å². The van der Waals surface area contributed by atoms with Crippen molar-refractivity contribution in [3.8, 4) is 0 Å². The maximum atomic E-state index is 4.78. The van der Waals surface area contributed by atoms with Crippen LogP contribution < -0.4 is 10.6 Å². The number of likely N-dealkylation sites (tertiary alicyclic amines) is 1. The number of guanidine groups is 1. The molecule has 166 valence electrons. The Labute approximate surface area is 201 Å². The van der Waals surface area contributed by atoms with Crippen LogP contribution >= 0.6 is 24.0 Å². The summed E-state index contributed by atoms with van der Waals surface area (Å²) in [5, 5.41) is 15.5. The molecule has 3 aromatic rings. The van der Waals surface area contributed by atoms with Gasteiger partial charge in [0.15, 0.2) is 11.6 Å². The Bertz CT molecular complexity index is 949. The van der Waals surface area contributed by atoms with Gasteiger partial charge in [0.2, 0.25) is 0 Å². The van der Waals surface area contributed by atoms with E-state index in [1.165, 1.54) is 5.56 Å². The fourth-order valence-electron chi connectivity index (χ4n) is 3.92. The molecule has 0 saturated carbocycles. The maximum absolute atomic E-state index is 4.78. The van der Waals surface area contributed by atoms with Crippen LogP contribution in [-0.4, -0.2) is 57.7 Å². The average molecular weight is 533 g/mol. The number of nitrogens with zero attached hydrogens (tertiary/aromatic N) is 5. The molecule has 0 radical (unpaired) electrons. The highest BCUT2D eigenvalue weighted by Gasteiger charge is 2.20. The largest absolute Gasteiger partial charge is 0.357 e. The van der Waals surface area contributed by atoms with Gasteiger partial charge in [-0.3, -0.25) is 14.3 Å². The fourth-order valence-corrected chi connectivity index (χ4v) is 3.92. The van der Waals surface area contributed by atoms with Gasteiger partial charge in [0.1, 0.15) is 5.82 Å². The Hall–Kier alpha value is -2.20. The van der Waals surface area contributed by atoms with E-state index in [2.05, 4.69) is 63.0 Å². The van der Waals surface area contributed by atoms with Gasteiger partial charge in [0.05, 0.1) is 0 Å². The van der Waals surface area contributed by atoms with E-state index in [0.29, 0.717) is 12.6 Å². The molecule has 2 aromatic heterocycles. The lowest BCUT2D eigenvalue weighted by Gasteiger charge is -2.33. The van der Waals surface area contributed by atoms with Gasteiger partial charge in [0.25, 0.3) is 0 Å². The summed E-state index contributed by atoms with van der Waals surface area (Å²) in [5.74, 6) is 1.84. The standard InChI is InChI=1S/C23H31N7.HI/c1-2-24-23(25-14-11-22-28-27-21-10-6-7-15-30(21)22)26-20-12-16-29(17-13-20)18-19-8-4-3-5-9-19;/h3-10,15,20H,2,11-14,16-18H2,1H3,(H2,24,25,26);1H. The SMILES string of the molecule is CCNC(=NCCc1nnc2ccccn12)NC1CCN(Cc2ccccc2)CC1.I. The van der Waals surface area contributed by atoms with Gasteiger partial charge in [0, 0.05) is 51.4 Å². The second kappa shape index (κ2) is 12.0. The van der Waals surface area contributed by atoms with Crippen molar-refractivity contribution < 1.29 is 0 Å². The highest BCUT2D eigenvalue weighted by atomic mass is 127. The molecule has 1 fully saturated rings. The summed E-state index contributed by atoms with van der Waals surface area (Å²) in [6.45, 7) is 6.89. The van der Waals surface area contributed by atoms with Gasteiger partial charge >= 0.3 is 0 Å². The Morgan fingerprint density at radius 1 is 1.06 bits per heavy atom. The molecule has 8 heteroatoms. The van der Waals surface area contributed by atoms with Crippen molar-refractivity contribution in [3.05, 3.63) is 66.1 Å². The molecule has 4 rings (SSSR count). The minimum absolute atomic E-state index is 0. The third kappa shape index (κ3) is 6.64. The van der Waals surface area contributed by atoms with E-state index in [1.54, 1.807) is 0 Å². The van der Waals surface area contributed by atoms with Crippen molar-refractivity contribution >= 4 is 35.6 Å². The molecule has 1 aliphatic heterocycles. The lowest BCUT2D eigenvalue weighted by atomic mass is 10.0. The van der Waals surface area contributed by atoms with Gasteiger partial charge in [-0.2, -0.15) is 0 Å². The van der Waals surface area contributed by atoms with Crippen molar-refractivity contribution in [2.45, 2.75) is 38.8 Å². The molecular formula is C23H32IN7. The number of hydrogen-bond donors (Lipinski definition) is 2. The van der Waals surface area contributed by atoms with Gasteiger partial charge in [-0.15, -0.1) is 34.2 Å². The van der Waals surface area contributed by atoms with Crippen molar-refractivity contribution in [1.29, 1.82) is 0 Å². The Kier molecular flexibility index (Phi) is 9.08. The Balaban J connectivity index is 0.00000272. The zero-order valence-corrected chi connectivity index (χ0v) is 20.4. The predicted molar refractivity (Wildman–Crippen MR) is 136 cm³/mol. The summed E-state index contributed by atoms with van der Waals surface area (Å²) in [6.07, 6.45) is 5.02. The summed E-state index contributed by atoms with van der Waals surface area (Å²) in [6, 6.07) is 17.1. The number of rotatable bonds is 7. The number of piperidine rings is 1. The number of benzene rings is 1. The normalized spacial score (nSPS) is 15.6. The van der Waals surface area contributed by atoms with Crippen LogP contribution in [0, 0.1) is 0 Å². The van der Waals surface area contributed by atoms with Crippen LogP contribution in [0.4, 0.5) is 0 Å². The van der Waals surface area contributed by atoms with Gasteiger partial charge < -0.3 is 10.6 Å². The first-order valence-corrected chi connectivity index (χ1v) is 10.9. The first-order valence-electron chi connectivity index (χ1n) is 10.9. The molecule has 0 spiro atoms. The number of aliphatic imine (C=N–C) groups is 1. The Morgan fingerprint density at radius 2 is 1.84 bits per heavy atom. The third-order valence-electron chi connectivity index (χ3n) is 5.51. The average Bonchev–Trinajstić information content (AvgIpc) is 3.19. The molecule has 0 aliphatic carbocycles. The summed E-state index contributed by atoms with van der Waals surface area (Å²) in [7, 11) is 0. The second-order valence-electron chi connectivity index (χ2n) is 7.74. The summed E-state index contributed by atoms with van der Waals surface area (Å²) in [4.78, 5) is 7.31. The highest BCUT2D eigenvalue weighted by molar-refractivity contribution is 14.0.